The highest BCUT2D eigenvalue weighted by atomic mass is 32.1. The zero-order chi connectivity index (χ0) is 26.4. The van der Waals surface area contributed by atoms with E-state index >= 15 is 0 Å². The number of rotatable bonds is 10. The highest BCUT2D eigenvalue weighted by Crippen LogP contribution is 2.31. The molecule has 0 saturated carbocycles. The second-order valence-electron chi connectivity index (χ2n) is 8.51. The molecule has 1 fully saturated rings. The third-order valence-electron chi connectivity index (χ3n) is 6.14. The van der Waals surface area contributed by atoms with Gasteiger partial charge in [0, 0.05) is 12.2 Å². The van der Waals surface area contributed by atoms with Crippen molar-refractivity contribution < 1.29 is 23.8 Å². The minimum Gasteiger partial charge on any atom is -0.497 e. The lowest BCUT2D eigenvalue weighted by molar-refractivity contribution is -0.131. The SMILES string of the molecule is COc1ccc(NC(=O)CC2C(=O)N(Cc3ccccc3)C(=S)N2Cc2ccc(OC)c(OC)c2)cc1. The first kappa shape index (κ1) is 26.0. The Labute approximate surface area is 221 Å². The molecule has 3 aromatic carbocycles. The van der Waals surface area contributed by atoms with Gasteiger partial charge in [-0.25, -0.2) is 0 Å². The van der Waals surface area contributed by atoms with Gasteiger partial charge in [0.2, 0.25) is 5.91 Å². The van der Waals surface area contributed by atoms with Crippen molar-refractivity contribution in [2.24, 2.45) is 0 Å². The van der Waals surface area contributed by atoms with Gasteiger partial charge in [-0.2, -0.15) is 0 Å². The third-order valence-corrected chi connectivity index (χ3v) is 6.60. The Balaban J connectivity index is 1.57. The van der Waals surface area contributed by atoms with Crippen LogP contribution < -0.4 is 19.5 Å². The van der Waals surface area contributed by atoms with Crippen LogP contribution in [0.1, 0.15) is 17.5 Å². The fourth-order valence-electron chi connectivity index (χ4n) is 4.22. The molecule has 37 heavy (non-hydrogen) atoms. The smallest absolute Gasteiger partial charge is 0.252 e. The van der Waals surface area contributed by atoms with Gasteiger partial charge < -0.3 is 24.4 Å². The van der Waals surface area contributed by atoms with Crippen LogP contribution in [0.2, 0.25) is 0 Å². The number of amides is 2. The Hall–Kier alpha value is -4.11. The Morgan fingerprint density at radius 1 is 0.865 bits per heavy atom. The van der Waals surface area contributed by atoms with Gasteiger partial charge in [0.25, 0.3) is 5.91 Å². The normalized spacial score (nSPS) is 15.1. The van der Waals surface area contributed by atoms with Crippen LogP contribution in [0.15, 0.2) is 72.8 Å². The molecule has 1 N–H and O–H groups in total. The average Bonchev–Trinajstić information content (AvgIpc) is 3.13. The Kier molecular flexibility index (Phi) is 8.25. The number of carbonyl (C=O) groups is 2. The number of carbonyl (C=O) groups excluding carboxylic acids is 2. The maximum absolute atomic E-state index is 13.6. The highest BCUT2D eigenvalue weighted by molar-refractivity contribution is 7.80. The predicted octanol–water partition coefficient (Wildman–Crippen LogP) is 4.24. The van der Waals surface area contributed by atoms with Crippen molar-refractivity contribution in [3.63, 3.8) is 0 Å². The molecule has 1 aliphatic heterocycles. The largest absolute Gasteiger partial charge is 0.497 e. The summed E-state index contributed by atoms with van der Waals surface area (Å²) in [7, 11) is 4.72. The van der Waals surface area contributed by atoms with Crippen molar-refractivity contribution >= 4 is 34.8 Å². The molecule has 1 aliphatic rings. The molecule has 192 valence electrons. The number of ether oxygens (including phenoxy) is 3. The summed E-state index contributed by atoms with van der Waals surface area (Å²) in [5.41, 5.74) is 2.44. The number of thiocarbonyl (C=S) groups is 1. The summed E-state index contributed by atoms with van der Waals surface area (Å²) < 4.78 is 15.9. The van der Waals surface area contributed by atoms with Crippen LogP contribution in [0, 0.1) is 0 Å². The zero-order valence-corrected chi connectivity index (χ0v) is 21.8. The number of benzene rings is 3. The van der Waals surface area contributed by atoms with E-state index < -0.39 is 6.04 Å². The molecule has 0 radical (unpaired) electrons. The molecule has 0 aromatic heterocycles. The third kappa shape index (κ3) is 6.00. The van der Waals surface area contributed by atoms with Crippen LogP contribution in [-0.2, 0) is 22.7 Å². The summed E-state index contributed by atoms with van der Waals surface area (Å²) in [6.07, 6.45) is -0.0520. The standard InChI is InChI=1S/C28H29N3O5S/c1-34-22-12-10-21(11-13-22)29-26(32)16-23-27(33)31(17-19-7-5-4-6-8-19)28(37)30(23)18-20-9-14-24(35-2)25(15-20)36-3/h4-15,23H,16-18H2,1-3H3,(H,29,32). The van der Waals surface area contributed by atoms with Gasteiger partial charge in [0.1, 0.15) is 11.8 Å². The number of methoxy groups -OCH3 is 3. The van der Waals surface area contributed by atoms with Crippen LogP contribution >= 0.6 is 12.2 Å². The summed E-state index contributed by atoms with van der Waals surface area (Å²) >= 11 is 5.76. The second kappa shape index (κ2) is 11.7. The van der Waals surface area contributed by atoms with E-state index in [0.29, 0.717) is 41.1 Å². The summed E-state index contributed by atoms with van der Waals surface area (Å²) in [4.78, 5) is 29.9. The number of nitrogens with zero attached hydrogens (tertiary/aromatic N) is 2. The minimum atomic E-state index is -0.748. The fourth-order valence-corrected chi connectivity index (χ4v) is 4.57. The van der Waals surface area contributed by atoms with Gasteiger partial charge in [0.15, 0.2) is 16.6 Å². The molecule has 1 saturated heterocycles. The van der Waals surface area contributed by atoms with Gasteiger partial charge in [-0.3, -0.25) is 14.5 Å². The van der Waals surface area contributed by atoms with Crippen LogP contribution in [-0.4, -0.2) is 54.1 Å². The maximum Gasteiger partial charge on any atom is 0.252 e. The van der Waals surface area contributed by atoms with Crippen molar-refractivity contribution in [2.45, 2.75) is 25.6 Å². The van der Waals surface area contributed by atoms with Gasteiger partial charge in [-0.1, -0.05) is 36.4 Å². The molecule has 4 rings (SSSR count). The first-order chi connectivity index (χ1) is 17.9. The van der Waals surface area contributed by atoms with Crippen molar-refractivity contribution in [1.82, 2.24) is 9.80 Å². The average molecular weight is 520 g/mol. The van der Waals surface area contributed by atoms with E-state index in [9.17, 15) is 9.59 Å². The van der Waals surface area contributed by atoms with Crippen LogP contribution in [0.5, 0.6) is 17.2 Å². The number of nitrogens with one attached hydrogen (secondary N) is 1. The molecule has 0 aliphatic carbocycles. The molecule has 1 heterocycles. The van der Waals surface area contributed by atoms with E-state index in [0.717, 1.165) is 11.1 Å². The van der Waals surface area contributed by atoms with Crippen molar-refractivity contribution in [3.8, 4) is 17.2 Å². The van der Waals surface area contributed by atoms with E-state index in [4.69, 9.17) is 26.4 Å². The quantitative estimate of drug-likeness (QED) is 0.402. The lowest BCUT2D eigenvalue weighted by atomic mass is 10.1. The van der Waals surface area contributed by atoms with Gasteiger partial charge in [0.05, 0.1) is 34.3 Å². The second-order valence-corrected chi connectivity index (χ2v) is 8.87. The van der Waals surface area contributed by atoms with Crippen molar-refractivity contribution in [3.05, 3.63) is 83.9 Å². The monoisotopic (exact) mass is 519 g/mol. The summed E-state index contributed by atoms with van der Waals surface area (Å²) in [5, 5.41) is 3.25. The molecule has 0 spiro atoms. The molecular weight excluding hydrogens is 490 g/mol. The molecule has 3 aromatic rings. The summed E-state index contributed by atoms with van der Waals surface area (Å²) in [6, 6.07) is 21.5. The number of anilines is 1. The van der Waals surface area contributed by atoms with E-state index in [1.54, 1.807) is 55.4 Å². The Morgan fingerprint density at radius 2 is 1.57 bits per heavy atom. The van der Waals surface area contributed by atoms with E-state index in [1.165, 1.54) is 0 Å². The molecule has 9 heteroatoms. The number of hydrogen-bond donors (Lipinski definition) is 1. The highest BCUT2D eigenvalue weighted by Gasteiger charge is 2.43. The fraction of sp³-hybridized carbons (Fsp3) is 0.250. The van der Waals surface area contributed by atoms with Crippen LogP contribution in [0.25, 0.3) is 0 Å². The predicted molar refractivity (Wildman–Crippen MR) is 145 cm³/mol. The first-order valence-electron chi connectivity index (χ1n) is 11.7. The van der Waals surface area contributed by atoms with Gasteiger partial charge in [-0.05, 0) is 59.7 Å². The maximum atomic E-state index is 13.6. The lowest BCUT2D eigenvalue weighted by Crippen LogP contribution is -2.37. The Morgan fingerprint density at radius 3 is 2.22 bits per heavy atom. The Bertz CT molecular complexity index is 1270. The molecule has 2 amide bonds. The summed E-state index contributed by atoms with van der Waals surface area (Å²) in [6.45, 7) is 0.661. The van der Waals surface area contributed by atoms with E-state index in [1.807, 2.05) is 48.5 Å². The summed E-state index contributed by atoms with van der Waals surface area (Å²) in [5.74, 6) is 1.37. The van der Waals surface area contributed by atoms with Crippen LogP contribution in [0.3, 0.4) is 0 Å². The van der Waals surface area contributed by atoms with Gasteiger partial charge >= 0.3 is 0 Å². The number of hydrogen-bond acceptors (Lipinski definition) is 6. The molecule has 1 unspecified atom stereocenters. The zero-order valence-electron chi connectivity index (χ0n) is 21.0. The van der Waals surface area contributed by atoms with Crippen molar-refractivity contribution in [1.29, 1.82) is 0 Å². The molecule has 0 bridgehead atoms. The van der Waals surface area contributed by atoms with E-state index in [2.05, 4.69) is 5.32 Å². The van der Waals surface area contributed by atoms with Gasteiger partial charge in [-0.15, -0.1) is 0 Å². The molecule has 1 atom stereocenters. The molecular formula is C28H29N3O5S. The first-order valence-corrected chi connectivity index (χ1v) is 12.1. The minimum absolute atomic E-state index is 0.0520. The van der Waals surface area contributed by atoms with Crippen LogP contribution in [0.4, 0.5) is 5.69 Å². The van der Waals surface area contributed by atoms with Crippen molar-refractivity contribution in [2.75, 3.05) is 26.6 Å². The molecule has 8 nitrogen and oxygen atoms in total. The topological polar surface area (TPSA) is 80.3 Å². The van der Waals surface area contributed by atoms with E-state index in [-0.39, 0.29) is 18.2 Å². The lowest BCUT2D eigenvalue weighted by Gasteiger charge is -2.24.